The summed E-state index contributed by atoms with van der Waals surface area (Å²) in [6.45, 7) is 16.5. The van der Waals surface area contributed by atoms with Gasteiger partial charge >= 0.3 is 0 Å². The third-order valence-electron chi connectivity index (χ3n) is 6.43. The third kappa shape index (κ3) is 8.79. The van der Waals surface area contributed by atoms with Gasteiger partial charge in [-0.1, -0.05) is 37.6 Å². The van der Waals surface area contributed by atoms with Gasteiger partial charge < -0.3 is 20.4 Å². The number of likely N-dealkylation sites (tertiary alicyclic amines) is 1. The van der Waals surface area contributed by atoms with E-state index in [1.807, 2.05) is 0 Å². The van der Waals surface area contributed by atoms with Gasteiger partial charge in [0, 0.05) is 52.4 Å². The number of likely N-dealkylation sites (N-methyl/N-ethyl adjacent to an activating group) is 1. The molecule has 0 aromatic heterocycles. The monoisotopic (exact) mass is 428 g/mol. The van der Waals surface area contributed by atoms with Crippen LogP contribution in [-0.4, -0.2) is 86.6 Å². The van der Waals surface area contributed by atoms with Gasteiger partial charge in [-0.2, -0.15) is 0 Å². The zero-order valence-electron chi connectivity index (χ0n) is 20.1. The van der Waals surface area contributed by atoms with Crippen LogP contribution in [0.4, 0.5) is 0 Å². The molecule has 0 amide bonds. The van der Waals surface area contributed by atoms with E-state index >= 15 is 0 Å². The number of piperazine rings is 1. The highest BCUT2D eigenvalue weighted by Gasteiger charge is 2.16. The number of rotatable bonds is 9. The maximum absolute atomic E-state index is 4.82. The van der Waals surface area contributed by atoms with Gasteiger partial charge in [-0.25, -0.2) is 4.99 Å². The average Bonchev–Trinajstić information content (AvgIpc) is 2.79. The molecule has 1 unspecified atom stereocenters. The lowest BCUT2D eigenvalue weighted by Gasteiger charge is -2.34. The number of benzene rings is 1. The second-order valence-corrected chi connectivity index (χ2v) is 9.44. The zero-order valence-corrected chi connectivity index (χ0v) is 20.1. The summed E-state index contributed by atoms with van der Waals surface area (Å²) in [4.78, 5) is 12.4. The molecular weight excluding hydrogens is 384 g/mol. The van der Waals surface area contributed by atoms with Crippen molar-refractivity contribution in [2.24, 2.45) is 10.9 Å². The molecule has 2 heterocycles. The van der Waals surface area contributed by atoms with Crippen LogP contribution in [-0.2, 0) is 13.1 Å². The van der Waals surface area contributed by atoms with Gasteiger partial charge in [0.2, 0.25) is 0 Å². The summed E-state index contributed by atoms with van der Waals surface area (Å²) < 4.78 is 0. The molecule has 6 nitrogen and oxygen atoms in total. The van der Waals surface area contributed by atoms with Crippen molar-refractivity contribution in [3.05, 3.63) is 35.4 Å². The number of aliphatic imine (C=N–C) groups is 1. The Labute approximate surface area is 190 Å². The van der Waals surface area contributed by atoms with Crippen LogP contribution in [0, 0.1) is 5.92 Å². The first-order valence-electron chi connectivity index (χ1n) is 12.4. The molecular formula is C25H44N6. The Morgan fingerprint density at radius 3 is 2.26 bits per heavy atom. The quantitative estimate of drug-likeness (QED) is 0.468. The highest BCUT2D eigenvalue weighted by Crippen LogP contribution is 2.14. The van der Waals surface area contributed by atoms with E-state index in [0.29, 0.717) is 12.5 Å². The number of nitrogens with one attached hydrogen (secondary N) is 2. The second kappa shape index (κ2) is 13.0. The molecule has 0 bridgehead atoms. The number of hydrogen-bond donors (Lipinski definition) is 2. The van der Waals surface area contributed by atoms with Gasteiger partial charge in [0.25, 0.3) is 0 Å². The standard InChI is InChI=1S/C25H44N6/c1-4-26-25(27-18-22(2)20-31-16-14-29(3)15-17-31)28-19-23-8-10-24(11-9-23)21-30-12-6-5-7-13-30/h8-11,22H,4-7,12-21H2,1-3H3,(H2,26,27,28). The number of guanidine groups is 1. The van der Waals surface area contributed by atoms with Crippen LogP contribution in [0.5, 0.6) is 0 Å². The van der Waals surface area contributed by atoms with E-state index in [4.69, 9.17) is 4.99 Å². The summed E-state index contributed by atoms with van der Waals surface area (Å²) in [7, 11) is 2.21. The molecule has 0 radical (unpaired) electrons. The Hall–Kier alpha value is -1.63. The first-order valence-corrected chi connectivity index (χ1v) is 12.4. The molecule has 174 valence electrons. The summed E-state index contributed by atoms with van der Waals surface area (Å²) in [5.41, 5.74) is 2.68. The van der Waals surface area contributed by atoms with E-state index < -0.39 is 0 Å². The molecule has 2 N–H and O–H groups in total. The van der Waals surface area contributed by atoms with Crippen LogP contribution in [0.2, 0.25) is 0 Å². The van der Waals surface area contributed by atoms with Crippen LogP contribution in [0.1, 0.15) is 44.2 Å². The van der Waals surface area contributed by atoms with Crippen LogP contribution in [0.25, 0.3) is 0 Å². The maximum Gasteiger partial charge on any atom is 0.191 e. The molecule has 0 aliphatic carbocycles. The smallest absolute Gasteiger partial charge is 0.191 e. The summed E-state index contributed by atoms with van der Waals surface area (Å²) in [6.07, 6.45) is 4.09. The van der Waals surface area contributed by atoms with Gasteiger partial charge in [0.15, 0.2) is 5.96 Å². The van der Waals surface area contributed by atoms with Crippen molar-refractivity contribution in [1.29, 1.82) is 0 Å². The Morgan fingerprint density at radius 1 is 0.903 bits per heavy atom. The summed E-state index contributed by atoms with van der Waals surface area (Å²) in [6, 6.07) is 9.03. The van der Waals surface area contributed by atoms with Crippen LogP contribution >= 0.6 is 0 Å². The molecule has 1 atom stereocenters. The molecule has 1 aromatic rings. The first kappa shape index (κ1) is 24.0. The van der Waals surface area contributed by atoms with E-state index in [0.717, 1.165) is 32.1 Å². The van der Waals surface area contributed by atoms with Crippen LogP contribution in [0.3, 0.4) is 0 Å². The second-order valence-electron chi connectivity index (χ2n) is 9.44. The van der Waals surface area contributed by atoms with Crippen molar-refractivity contribution < 1.29 is 0 Å². The lowest BCUT2D eigenvalue weighted by Crippen LogP contribution is -2.47. The van der Waals surface area contributed by atoms with Crippen molar-refractivity contribution in [1.82, 2.24) is 25.3 Å². The van der Waals surface area contributed by atoms with E-state index in [1.165, 1.54) is 69.7 Å². The molecule has 2 fully saturated rings. The fourth-order valence-corrected chi connectivity index (χ4v) is 4.44. The zero-order chi connectivity index (χ0) is 21.9. The molecule has 2 saturated heterocycles. The summed E-state index contributed by atoms with van der Waals surface area (Å²) in [5.74, 6) is 1.52. The molecule has 6 heteroatoms. The van der Waals surface area contributed by atoms with Gasteiger partial charge in [0.1, 0.15) is 0 Å². The molecule has 2 aliphatic heterocycles. The largest absolute Gasteiger partial charge is 0.357 e. The molecule has 31 heavy (non-hydrogen) atoms. The van der Waals surface area contributed by atoms with E-state index in [-0.39, 0.29) is 0 Å². The van der Waals surface area contributed by atoms with E-state index in [9.17, 15) is 0 Å². The maximum atomic E-state index is 4.82. The third-order valence-corrected chi connectivity index (χ3v) is 6.43. The molecule has 0 spiro atoms. The fourth-order valence-electron chi connectivity index (χ4n) is 4.44. The number of nitrogens with zero attached hydrogens (tertiary/aromatic N) is 4. The minimum atomic E-state index is 0.598. The molecule has 2 aliphatic rings. The van der Waals surface area contributed by atoms with Crippen molar-refractivity contribution in [2.45, 2.75) is 46.2 Å². The van der Waals surface area contributed by atoms with Crippen molar-refractivity contribution in [3.63, 3.8) is 0 Å². The summed E-state index contributed by atoms with van der Waals surface area (Å²) in [5, 5.41) is 6.94. The Bertz CT molecular complexity index is 644. The Balaban J connectivity index is 1.42. The highest BCUT2D eigenvalue weighted by atomic mass is 15.2. The van der Waals surface area contributed by atoms with E-state index in [1.54, 1.807) is 0 Å². The molecule has 1 aromatic carbocycles. The highest BCUT2D eigenvalue weighted by molar-refractivity contribution is 5.79. The lowest BCUT2D eigenvalue weighted by atomic mass is 10.1. The van der Waals surface area contributed by atoms with Crippen LogP contribution in [0.15, 0.2) is 29.3 Å². The topological polar surface area (TPSA) is 46.1 Å². The minimum absolute atomic E-state index is 0.598. The fraction of sp³-hybridized carbons (Fsp3) is 0.720. The molecule has 0 saturated carbocycles. The van der Waals surface area contributed by atoms with Crippen LogP contribution < -0.4 is 10.6 Å². The van der Waals surface area contributed by atoms with Gasteiger partial charge in [-0.05, 0) is 56.9 Å². The first-order chi connectivity index (χ1) is 15.1. The van der Waals surface area contributed by atoms with Crippen molar-refractivity contribution >= 4 is 5.96 Å². The van der Waals surface area contributed by atoms with Gasteiger partial charge in [-0.3, -0.25) is 4.90 Å². The normalized spacial score (nSPS) is 20.5. The minimum Gasteiger partial charge on any atom is -0.357 e. The van der Waals surface area contributed by atoms with Crippen molar-refractivity contribution in [3.8, 4) is 0 Å². The number of piperidine rings is 1. The summed E-state index contributed by atoms with van der Waals surface area (Å²) >= 11 is 0. The predicted molar refractivity (Wildman–Crippen MR) is 131 cm³/mol. The lowest BCUT2D eigenvalue weighted by molar-refractivity contribution is 0.139. The van der Waals surface area contributed by atoms with Crippen molar-refractivity contribution in [2.75, 3.05) is 66.0 Å². The van der Waals surface area contributed by atoms with E-state index in [2.05, 4.69) is 70.5 Å². The molecule has 3 rings (SSSR count). The van der Waals surface area contributed by atoms with Gasteiger partial charge in [0.05, 0.1) is 6.54 Å². The Kier molecular flexibility index (Phi) is 10.1. The Morgan fingerprint density at radius 2 is 1.58 bits per heavy atom. The predicted octanol–water partition coefficient (Wildman–Crippen LogP) is 2.61. The SMILES string of the molecule is CCNC(=NCc1ccc(CN2CCCCC2)cc1)NCC(C)CN1CCN(C)CC1. The van der Waals surface area contributed by atoms with Gasteiger partial charge in [-0.15, -0.1) is 0 Å². The average molecular weight is 429 g/mol. The number of hydrogen-bond acceptors (Lipinski definition) is 4.